The monoisotopic (exact) mass is 312 g/mol. The number of azo groups is 1. The Labute approximate surface area is 133 Å². The second-order valence-electron chi connectivity index (χ2n) is 5.26. The minimum atomic E-state index is -0.985. The lowest BCUT2D eigenvalue weighted by Gasteiger charge is -2.05. The van der Waals surface area contributed by atoms with Crippen LogP contribution in [0.3, 0.4) is 0 Å². The molecule has 0 fully saturated rings. The minimum Gasteiger partial charge on any atom is -0.478 e. The Bertz CT molecular complexity index is 826. The minimum absolute atomic E-state index is 0.224. The van der Waals surface area contributed by atoms with Crippen molar-refractivity contribution in [2.45, 2.75) is 20.8 Å². The third-order valence-electron chi connectivity index (χ3n) is 3.49. The summed E-state index contributed by atoms with van der Waals surface area (Å²) < 4.78 is 0. The molecule has 0 radical (unpaired) electrons. The number of carbonyl (C=O) groups is 2. The predicted octanol–water partition coefficient (Wildman–Crippen LogP) is 4.42. The van der Waals surface area contributed by atoms with E-state index in [0.29, 0.717) is 28.1 Å². The SMILES string of the molecule is Cc1cc(C(=O)O)c(C)cc1N=Nc1ccc(C(=O)O)c(C)c1. The summed E-state index contributed by atoms with van der Waals surface area (Å²) in [4.78, 5) is 22.1. The normalized spacial score (nSPS) is 10.9. The Morgan fingerprint density at radius 2 is 1.39 bits per heavy atom. The third kappa shape index (κ3) is 3.60. The van der Waals surface area contributed by atoms with E-state index in [0.717, 1.165) is 0 Å². The summed E-state index contributed by atoms with van der Waals surface area (Å²) in [7, 11) is 0. The number of hydrogen-bond donors (Lipinski definition) is 2. The van der Waals surface area contributed by atoms with Gasteiger partial charge in [0.05, 0.1) is 22.5 Å². The van der Waals surface area contributed by atoms with E-state index < -0.39 is 11.9 Å². The highest BCUT2D eigenvalue weighted by atomic mass is 16.4. The maximum Gasteiger partial charge on any atom is 0.335 e. The molecular weight excluding hydrogens is 296 g/mol. The fraction of sp³-hybridized carbons (Fsp3) is 0.176. The van der Waals surface area contributed by atoms with Gasteiger partial charge in [-0.3, -0.25) is 0 Å². The van der Waals surface area contributed by atoms with E-state index in [1.165, 1.54) is 6.07 Å². The number of carboxylic acid groups (broad SMARTS) is 2. The number of rotatable bonds is 4. The molecule has 0 unspecified atom stereocenters. The third-order valence-corrected chi connectivity index (χ3v) is 3.49. The van der Waals surface area contributed by atoms with Crippen LogP contribution in [0.25, 0.3) is 0 Å². The maximum atomic E-state index is 11.1. The lowest BCUT2D eigenvalue weighted by Crippen LogP contribution is -2.00. The lowest BCUT2D eigenvalue weighted by molar-refractivity contribution is 0.0685. The van der Waals surface area contributed by atoms with Crippen LogP contribution in [0.2, 0.25) is 0 Å². The Balaban J connectivity index is 2.34. The second kappa shape index (κ2) is 6.39. The van der Waals surface area contributed by atoms with Gasteiger partial charge >= 0.3 is 11.9 Å². The highest BCUT2D eigenvalue weighted by Gasteiger charge is 2.10. The number of benzene rings is 2. The zero-order valence-corrected chi connectivity index (χ0v) is 13.0. The maximum absolute atomic E-state index is 11.1. The summed E-state index contributed by atoms with van der Waals surface area (Å²) in [5, 5.41) is 26.3. The van der Waals surface area contributed by atoms with Gasteiger partial charge in [0.25, 0.3) is 0 Å². The first-order valence-electron chi connectivity index (χ1n) is 6.90. The lowest BCUT2D eigenvalue weighted by atomic mass is 10.0. The summed E-state index contributed by atoms with van der Waals surface area (Å²) in [5.74, 6) is -1.96. The molecule has 23 heavy (non-hydrogen) atoms. The van der Waals surface area contributed by atoms with Gasteiger partial charge in [0, 0.05) is 0 Å². The summed E-state index contributed by atoms with van der Waals surface area (Å²) in [6.07, 6.45) is 0. The van der Waals surface area contributed by atoms with Crippen LogP contribution >= 0.6 is 0 Å². The number of aryl methyl sites for hydroxylation is 3. The zero-order valence-electron chi connectivity index (χ0n) is 13.0. The van der Waals surface area contributed by atoms with Crippen molar-refractivity contribution in [2.24, 2.45) is 10.2 Å². The zero-order chi connectivity index (χ0) is 17.1. The predicted molar refractivity (Wildman–Crippen MR) is 85.2 cm³/mol. The van der Waals surface area contributed by atoms with Crippen LogP contribution < -0.4 is 0 Å². The first-order chi connectivity index (χ1) is 10.8. The molecule has 6 heteroatoms. The van der Waals surface area contributed by atoms with E-state index in [9.17, 15) is 9.59 Å². The van der Waals surface area contributed by atoms with E-state index in [1.54, 1.807) is 45.0 Å². The molecule has 0 amide bonds. The molecule has 0 bridgehead atoms. The van der Waals surface area contributed by atoms with Gasteiger partial charge in [-0.25, -0.2) is 9.59 Å². The molecule has 0 aliphatic rings. The average molecular weight is 312 g/mol. The number of carboxylic acids is 2. The summed E-state index contributed by atoms with van der Waals surface area (Å²) in [6, 6.07) is 7.93. The van der Waals surface area contributed by atoms with Crippen LogP contribution in [0.15, 0.2) is 40.6 Å². The molecule has 2 rings (SSSR count). The smallest absolute Gasteiger partial charge is 0.335 e. The molecule has 2 aromatic carbocycles. The number of hydrogen-bond acceptors (Lipinski definition) is 4. The van der Waals surface area contributed by atoms with Gasteiger partial charge in [-0.1, -0.05) is 0 Å². The van der Waals surface area contributed by atoms with Gasteiger partial charge in [0.15, 0.2) is 0 Å². The Morgan fingerprint density at radius 3 is 1.96 bits per heavy atom. The summed E-state index contributed by atoms with van der Waals surface area (Å²) in [6.45, 7) is 5.16. The van der Waals surface area contributed by atoms with Crippen molar-refractivity contribution in [3.05, 3.63) is 58.1 Å². The molecule has 0 heterocycles. The van der Waals surface area contributed by atoms with Gasteiger partial charge in [-0.05, 0) is 67.8 Å². The molecule has 0 spiro atoms. The molecule has 0 aliphatic heterocycles. The molecule has 2 N–H and O–H groups in total. The van der Waals surface area contributed by atoms with Crippen LogP contribution in [0.5, 0.6) is 0 Å². The largest absolute Gasteiger partial charge is 0.478 e. The van der Waals surface area contributed by atoms with Crippen molar-refractivity contribution in [3.63, 3.8) is 0 Å². The van der Waals surface area contributed by atoms with E-state index in [1.807, 2.05) is 0 Å². The molecule has 0 atom stereocenters. The molecule has 0 saturated heterocycles. The molecule has 0 saturated carbocycles. The second-order valence-corrected chi connectivity index (χ2v) is 5.26. The Hall–Kier alpha value is -3.02. The van der Waals surface area contributed by atoms with Crippen molar-refractivity contribution in [1.82, 2.24) is 0 Å². The molecule has 118 valence electrons. The van der Waals surface area contributed by atoms with Gasteiger partial charge in [-0.15, -0.1) is 0 Å². The van der Waals surface area contributed by atoms with Gasteiger partial charge in [0.2, 0.25) is 0 Å². The van der Waals surface area contributed by atoms with Crippen LogP contribution in [0.4, 0.5) is 11.4 Å². The summed E-state index contributed by atoms with van der Waals surface area (Å²) in [5.41, 5.74) is 3.48. The molecule has 6 nitrogen and oxygen atoms in total. The Kier molecular flexibility index (Phi) is 4.55. The first-order valence-corrected chi connectivity index (χ1v) is 6.90. The first kappa shape index (κ1) is 16.4. The van der Waals surface area contributed by atoms with Gasteiger partial charge in [-0.2, -0.15) is 10.2 Å². The topological polar surface area (TPSA) is 99.3 Å². The van der Waals surface area contributed by atoms with E-state index in [-0.39, 0.29) is 11.1 Å². The van der Waals surface area contributed by atoms with Crippen LogP contribution in [-0.4, -0.2) is 22.2 Å². The summed E-state index contributed by atoms with van der Waals surface area (Å²) >= 11 is 0. The van der Waals surface area contributed by atoms with Crippen LogP contribution in [0, 0.1) is 20.8 Å². The van der Waals surface area contributed by atoms with Gasteiger partial charge < -0.3 is 10.2 Å². The fourth-order valence-corrected chi connectivity index (χ4v) is 2.20. The quantitative estimate of drug-likeness (QED) is 0.816. The average Bonchev–Trinajstić information content (AvgIpc) is 2.47. The van der Waals surface area contributed by atoms with Crippen molar-refractivity contribution in [2.75, 3.05) is 0 Å². The number of nitrogens with zero attached hydrogens (tertiary/aromatic N) is 2. The van der Waals surface area contributed by atoms with Crippen molar-refractivity contribution >= 4 is 23.3 Å². The molecular formula is C17H16N2O4. The van der Waals surface area contributed by atoms with E-state index in [2.05, 4.69) is 10.2 Å². The molecule has 0 aromatic heterocycles. The highest BCUT2D eigenvalue weighted by molar-refractivity contribution is 5.90. The van der Waals surface area contributed by atoms with Crippen molar-refractivity contribution in [3.8, 4) is 0 Å². The van der Waals surface area contributed by atoms with E-state index >= 15 is 0 Å². The molecule has 2 aromatic rings. The van der Waals surface area contributed by atoms with E-state index in [4.69, 9.17) is 10.2 Å². The van der Waals surface area contributed by atoms with Crippen LogP contribution in [0.1, 0.15) is 37.4 Å². The van der Waals surface area contributed by atoms with Gasteiger partial charge in [0.1, 0.15) is 0 Å². The van der Waals surface area contributed by atoms with Crippen molar-refractivity contribution < 1.29 is 19.8 Å². The van der Waals surface area contributed by atoms with Crippen molar-refractivity contribution in [1.29, 1.82) is 0 Å². The van der Waals surface area contributed by atoms with Crippen LogP contribution in [-0.2, 0) is 0 Å². The molecule has 0 aliphatic carbocycles. The number of aromatic carboxylic acids is 2. The standard InChI is InChI=1S/C17H16N2O4/c1-9-6-12(4-5-13(9)16(20)21)18-19-15-8-10(2)14(17(22)23)7-11(15)3/h4-8H,1-3H3,(H,20,21)(H,22,23). The fourth-order valence-electron chi connectivity index (χ4n) is 2.20. The Morgan fingerprint density at radius 1 is 0.783 bits per heavy atom. The highest BCUT2D eigenvalue weighted by Crippen LogP contribution is 2.26.